The topological polar surface area (TPSA) is 49.4 Å². The maximum absolute atomic E-state index is 12.2. The molecule has 0 aromatic heterocycles. The van der Waals surface area contributed by atoms with Gasteiger partial charge in [-0.2, -0.15) is 0 Å². The van der Waals surface area contributed by atoms with Gasteiger partial charge < -0.3 is 10.2 Å². The van der Waals surface area contributed by atoms with E-state index in [0.29, 0.717) is 19.0 Å². The van der Waals surface area contributed by atoms with E-state index in [1.165, 1.54) is 12.8 Å². The Morgan fingerprint density at radius 3 is 2.55 bits per heavy atom. The monoisotopic (exact) mass is 272 g/mol. The lowest BCUT2D eigenvalue weighted by molar-refractivity contribution is -0.126. The van der Waals surface area contributed by atoms with Crippen molar-refractivity contribution < 1.29 is 9.59 Å². The summed E-state index contributed by atoms with van der Waals surface area (Å²) in [5.74, 6) is -0.116. The van der Waals surface area contributed by atoms with Crippen LogP contribution in [0.15, 0.2) is 30.3 Å². The Balaban J connectivity index is 1.62. The predicted octanol–water partition coefficient (Wildman–Crippen LogP) is 2.10. The number of hydrogen-bond acceptors (Lipinski definition) is 2. The average molecular weight is 272 g/mol. The molecule has 2 fully saturated rings. The van der Waals surface area contributed by atoms with E-state index in [9.17, 15) is 9.59 Å². The van der Waals surface area contributed by atoms with Gasteiger partial charge in [0.15, 0.2) is 0 Å². The van der Waals surface area contributed by atoms with Crippen molar-refractivity contribution in [2.24, 2.45) is 5.92 Å². The molecule has 2 aliphatic rings. The third-order valence-electron chi connectivity index (χ3n) is 4.27. The van der Waals surface area contributed by atoms with E-state index >= 15 is 0 Å². The van der Waals surface area contributed by atoms with Crippen LogP contribution in [0.25, 0.3) is 0 Å². The molecule has 0 radical (unpaired) electrons. The Labute approximate surface area is 119 Å². The number of nitrogens with one attached hydrogen (secondary N) is 1. The summed E-state index contributed by atoms with van der Waals surface area (Å²) in [6.45, 7) is 0.501. The number of para-hydroxylation sites is 1. The van der Waals surface area contributed by atoms with Crippen molar-refractivity contribution in [2.75, 3.05) is 11.4 Å². The second-order valence-electron chi connectivity index (χ2n) is 5.73. The molecule has 3 rings (SSSR count). The normalized spacial score (nSPS) is 23.3. The van der Waals surface area contributed by atoms with Gasteiger partial charge in [-0.3, -0.25) is 9.59 Å². The average Bonchev–Trinajstić information content (AvgIpc) is 3.09. The molecular weight excluding hydrogens is 252 g/mol. The second kappa shape index (κ2) is 5.65. The lowest BCUT2D eigenvalue weighted by Gasteiger charge is -2.18. The summed E-state index contributed by atoms with van der Waals surface area (Å²) >= 11 is 0. The molecule has 1 heterocycles. The van der Waals surface area contributed by atoms with Crippen molar-refractivity contribution in [1.82, 2.24) is 5.32 Å². The molecule has 1 N–H and O–H groups in total. The zero-order valence-electron chi connectivity index (χ0n) is 11.5. The van der Waals surface area contributed by atoms with Crippen molar-refractivity contribution in [2.45, 2.75) is 38.1 Å². The highest BCUT2D eigenvalue weighted by Gasteiger charge is 2.35. The second-order valence-corrected chi connectivity index (χ2v) is 5.73. The van der Waals surface area contributed by atoms with Gasteiger partial charge in [-0.05, 0) is 25.0 Å². The van der Waals surface area contributed by atoms with Gasteiger partial charge in [-0.15, -0.1) is 0 Å². The molecule has 1 saturated heterocycles. The van der Waals surface area contributed by atoms with Crippen molar-refractivity contribution in [1.29, 1.82) is 0 Å². The van der Waals surface area contributed by atoms with Gasteiger partial charge in [0, 0.05) is 24.7 Å². The molecule has 4 nitrogen and oxygen atoms in total. The standard InChI is InChI=1S/C16H20N2O2/c19-15-10-12(16(20)17-13-6-4-5-7-13)11-18(15)14-8-2-1-3-9-14/h1-3,8-9,12-13H,4-7,10-11H2,(H,17,20)/t12-/m1/s1. The van der Waals surface area contributed by atoms with E-state index < -0.39 is 0 Å². The number of rotatable bonds is 3. The number of benzene rings is 1. The molecule has 1 atom stereocenters. The predicted molar refractivity (Wildman–Crippen MR) is 77.3 cm³/mol. The van der Waals surface area contributed by atoms with Crippen LogP contribution in [0, 0.1) is 5.92 Å². The highest BCUT2D eigenvalue weighted by atomic mass is 16.2. The minimum atomic E-state index is -0.205. The summed E-state index contributed by atoms with van der Waals surface area (Å²) in [5, 5.41) is 3.10. The molecule has 1 aliphatic carbocycles. The maximum atomic E-state index is 12.2. The number of carbonyl (C=O) groups excluding carboxylic acids is 2. The van der Waals surface area contributed by atoms with Crippen molar-refractivity contribution in [3.63, 3.8) is 0 Å². The first-order chi connectivity index (χ1) is 9.74. The van der Waals surface area contributed by atoms with Gasteiger partial charge >= 0.3 is 0 Å². The lowest BCUT2D eigenvalue weighted by Crippen LogP contribution is -2.38. The van der Waals surface area contributed by atoms with Crippen LogP contribution in [-0.2, 0) is 9.59 Å². The molecule has 20 heavy (non-hydrogen) atoms. The first-order valence-corrected chi connectivity index (χ1v) is 7.40. The Morgan fingerprint density at radius 1 is 1.15 bits per heavy atom. The molecule has 0 bridgehead atoms. The summed E-state index contributed by atoms with van der Waals surface area (Å²) in [4.78, 5) is 26.0. The summed E-state index contributed by atoms with van der Waals surface area (Å²) in [5.41, 5.74) is 0.883. The fourth-order valence-electron chi connectivity index (χ4n) is 3.13. The zero-order chi connectivity index (χ0) is 13.9. The summed E-state index contributed by atoms with van der Waals surface area (Å²) in [6.07, 6.45) is 4.88. The molecular formula is C16H20N2O2. The van der Waals surface area contributed by atoms with Gasteiger partial charge in [0.2, 0.25) is 11.8 Å². The lowest BCUT2D eigenvalue weighted by atomic mass is 10.1. The smallest absolute Gasteiger partial charge is 0.227 e. The molecule has 2 amide bonds. The first kappa shape index (κ1) is 13.2. The van der Waals surface area contributed by atoms with Crippen LogP contribution in [-0.4, -0.2) is 24.4 Å². The first-order valence-electron chi connectivity index (χ1n) is 7.40. The van der Waals surface area contributed by atoms with E-state index in [1.807, 2.05) is 30.3 Å². The van der Waals surface area contributed by atoms with Crippen LogP contribution in [0.1, 0.15) is 32.1 Å². The van der Waals surface area contributed by atoms with Crippen molar-refractivity contribution in [3.8, 4) is 0 Å². The Morgan fingerprint density at radius 2 is 1.85 bits per heavy atom. The van der Waals surface area contributed by atoms with E-state index in [0.717, 1.165) is 18.5 Å². The molecule has 106 valence electrons. The quantitative estimate of drug-likeness (QED) is 0.916. The fourth-order valence-corrected chi connectivity index (χ4v) is 3.13. The van der Waals surface area contributed by atoms with Gasteiger partial charge in [0.05, 0.1) is 5.92 Å². The maximum Gasteiger partial charge on any atom is 0.227 e. The van der Waals surface area contributed by atoms with Crippen LogP contribution < -0.4 is 10.2 Å². The third-order valence-corrected chi connectivity index (χ3v) is 4.27. The molecule has 0 spiro atoms. The molecule has 1 aromatic rings. The highest BCUT2D eigenvalue weighted by Crippen LogP contribution is 2.26. The van der Waals surface area contributed by atoms with Crippen molar-refractivity contribution >= 4 is 17.5 Å². The number of amides is 2. The largest absolute Gasteiger partial charge is 0.353 e. The van der Waals surface area contributed by atoms with Crippen LogP contribution in [0.3, 0.4) is 0 Å². The SMILES string of the molecule is O=C(NC1CCCC1)[C@@H]1CC(=O)N(c2ccccc2)C1. The van der Waals surface area contributed by atoms with E-state index in [4.69, 9.17) is 0 Å². The minimum Gasteiger partial charge on any atom is -0.353 e. The molecule has 1 aromatic carbocycles. The van der Waals surface area contributed by atoms with Gasteiger partial charge in [-0.1, -0.05) is 31.0 Å². The van der Waals surface area contributed by atoms with Crippen LogP contribution >= 0.6 is 0 Å². The Hall–Kier alpha value is -1.84. The number of nitrogens with zero attached hydrogens (tertiary/aromatic N) is 1. The highest BCUT2D eigenvalue weighted by molar-refractivity contribution is 6.00. The van der Waals surface area contributed by atoms with Gasteiger partial charge in [-0.25, -0.2) is 0 Å². The van der Waals surface area contributed by atoms with Crippen LogP contribution in [0.4, 0.5) is 5.69 Å². The summed E-state index contributed by atoms with van der Waals surface area (Å²) < 4.78 is 0. The van der Waals surface area contributed by atoms with Crippen LogP contribution in [0.2, 0.25) is 0 Å². The fraction of sp³-hybridized carbons (Fsp3) is 0.500. The molecule has 1 saturated carbocycles. The van der Waals surface area contributed by atoms with E-state index in [-0.39, 0.29) is 17.7 Å². The summed E-state index contributed by atoms with van der Waals surface area (Å²) in [7, 11) is 0. The van der Waals surface area contributed by atoms with E-state index in [2.05, 4.69) is 5.32 Å². The summed E-state index contributed by atoms with van der Waals surface area (Å²) in [6, 6.07) is 9.89. The number of anilines is 1. The number of hydrogen-bond donors (Lipinski definition) is 1. The van der Waals surface area contributed by atoms with Gasteiger partial charge in [0.25, 0.3) is 0 Å². The van der Waals surface area contributed by atoms with Crippen molar-refractivity contribution in [3.05, 3.63) is 30.3 Å². The molecule has 4 heteroatoms. The molecule has 0 unspecified atom stereocenters. The number of carbonyl (C=O) groups is 2. The minimum absolute atomic E-state index is 0.0442. The van der Waals surface area contributed by atoms with Gasteiger partial charge in [0.1, 0.15) is 0 Å². The Kier molecular flexibility index (Phi) is 3.72. The molecule has 1 aliphatic heterocycles. The third kappa shape index (κ3) is 2.69. The van der Waals surface area contributed by atoms with E-state index in [1.54, 1.807) is 4.90 Å². The van der Waals surface area contributed by atoms with Crippen LogP contribution in [0.5, 0.6) is 0 Å². The Bertz CT molecular complexity index is 494. The zero-order valence-corrected chi connectivity index (χ0v) is 11.5.